The van der Waals surface area contributed by atoms with Gasteiger partial charge in [-0.1, -0.05) is 6.07 Å². The smallest absolute Gasteiger partial charge is 0.302 e. The third-order valence-corrected chi connectivity index (χ3v) is 3.20. The number of hydrogen-bond donors (Lipinski definition) is 0. The molecule has 3 nitrogen and oxygen atoms in total. The van der Waals surface area contributed by atoms with Crippen LogP contribution in [0.5, 0.6) is 0 Å². The fourth-order valence-corrected chi connectivity index (χ4v) is 2.28. The van der Waals surface area contributed by atoms with Crippen molar-refractivity contribution in [3.8, 4) is 0 Å². The normalized spacial score (nSPS) is 14.5. The number of alkyl halides is 3. The highest BCUT2D eigenvalue weighted by Gasteiger charge is 2.31. The first-order valence-electron chi connectivity index (χ1n) is 6.12. The van der Waals surface area contributed by atoms with Gasteiger partial charge in [0.2, 0.25) is 0 Å². The molecule has 104 valence electrons. The number of allylic oxidation sites excluding steroid dienone is 1. The van der Waals surface area contributed by atoms with Crippen molar-refractivity contribution in [2.75, 3.05) is 4.90 Å². The monoisotopic (exact) mass is 279 g/mol. The summed E-state index contributed by atoms with van der Waals surface area (Å²) in [5.41, 5.74) is 0.741. The average molecular weight is 279 g/mol. The third kappa shape index (κ3) is 2.07. The quantitative estimate of drug-likeness (QED) is 0.790. The van der Waals surface area contributed by atoms with Gasteiger partial charge < -0.3 is 4.90 Å². The second-order valence-electron chi connectivity index (χ2n) is 4.64. The Morgan fingerprint density at radius 2 is 2.05 bits per heavy atom. The molecule has 1 aliphatic heterocycles. The number of aromatic nitrogens is 2. The number of benzene rings is 1. The van der Waals surface area contributed by atoms with E-state index in [-0.39, 0.29) is 0 Å². The minimum Gasteiger partial charge on any atom is -0.302 e. The minimum absolute atomic E-state index is 0.473. The maximum absolute atomic E-state index is 12.8. The molecule has 0 aliphatic carbocycles. The van der Waals surface area contributed by atoms with Gasteiger partial charge in [0.05, 0.1) is 18.3 Å². The zero-order valence-electron chi connectivity index (χ0n) is 10.7. The van der Waals surface area contributed by atoms with Crippen LogP contribution in [0.15, 0.2) is 42.7 Å². The standard InChI is InChI=1S/C14H12F3N3/c1-10-9-18-20-7-3-6-19(13(10)20)12-5-2-4-11(8-12)14(15,16)17/h2-6,8-9H,7H2,1H3. The van der Waals surface area contributed by atoms with Crippen LogP contribution in [0.3, 0.4) is 0 Å². The first kappa shape index (κ1) is 12.8. The van der Waals surface area contributed by atoms with Crippen molar-refractivity contribution in [3.05, 3.63) is 53.9 Å². The second kappa shape index (κ2) is 4.40. The molecule has 2 aromatic rings. The number of fused-ring (bicyclic) bond motifs is 1. The SMILES string of the molecule is Cc1cnn2c1N(c1cccc(C(F)(F)F)c1)C=CC2. The van der Waals surface area contributed by atoms with E-state index in [1.807, 2.05) is 13.0 Å². The molecule has 0 saturated carbocycles. The Bertz CT molecular complexity index is 671. The van der Waals surface area contributed by atoms with Crippen molar-refractivity contribution in [1.82, 2.24) is 9.78 Å². The van der Waals surface area contributed by atoms with Crippen LogP contribution in [-0.2, 0) is 12.7 Å². The summed E-state index contributed by atoms with van der Waals surface area (Å²) in [5, 5.41) is 4.20. The van der Waals surface area contributed by atoms with E-state index in [4.69, 9.17) is 0 Å². The molecule has 1 aliphatic rings. The molecule has 2 heterocycles. The molecule has 1 aromatic heterocycles. The van der Waals surface area contributed by atoms with Crippen LogP contribution in [0, 0.1) is 6.92 Å². The second-order valence-corrected chi connectivity index (χ2v) is 4.64. The van der Waals surface area contributed by atoms with Crippen LogP contribution < -0.4 is 4.90 Å². The molecular formula is C14H12F3N3. The summed E-state index contributed by atoms with van der Waals surface area (Å²) < 4.78 is 40.1. The lowest BCUT2D eigenvalue weighted by Gasteiger charge is -2.26. The highest BCUT2D eigenvalue weighted by atomic mass is 19.4. The van der Waals surface area contributed by atoms with Crippen molar-refractivity contribution >= 4 is 11.5 Å². The average Bonchev–Trinajstić information content (AvgIpc) is 2.80. The van der Waals surface area contributed by atoms with E-state index in [1.165, 1.54) is 6.07 Å². The summed E-state index contributed by atoms with van der Waals surface area (Å²) in [6, 6.07) is 5.28. The number of hydrogen-bond acceptors (Lipinski definition) is 2. The molecule has 0 fully saturated rings. The highest BCUT2D eigenvalue weighted by Crippen LogP contribution is 2.35. The summed E-state index contributed by atoms with van der Waals surface area (Å²) in [4.78, 5) is 1.72. The van der Waals surface area contributed by atoms with Crippen LogP contribution in [0.25, 0.3) is 0 Å². The predicted octanol–water partition coefficient (Wildman–Crippen LogP) is 3.88. The molecule has 0 atom stereocenters. The maximum atomic E-state index is 12.8. The zero-order chi connectivity index (χ0) is 14.3. The molecule has 3 rings (SSSR count). The molecule has 20 heavy (non-hydrogen) atoms. The lowest BCUT2D eigenvalue weighted by atomic mass is 10.1. The highest BCUT2D eigenvalue weighted by molar-refractivity contribution is 5.67. The van der Waals surface area contributed by atoms with Gasteiger partial charge in [-0.2, -0.15) is 18.3 Å². The van der Waals surface area contributed by atoms with Crippen LogP contribution in [-0.4, -0.2) is 9.78 Å². The summed E-state index contributed by atoms with van der Waals surface area (Å²) in [6.07, 6.45) is 1.01. The van der Waals surface area contributed by atoms with E-state index < -0.39 is 11.7 Å². The molecule has 1 aromatic carbocycles. The van der Waals surface area contributed by atoms with Gasteiger partial charge in [-0.05, 0) is 31.2 Å². The lowest BCUT2D eigenvalue weighted by molar-refractivity contribution is -0.137. The van der Waals surface area contributed by atoms with Crippen LogP contribution in [0.2, 0.25) is 0 Å². The van der Waals surface area contributed by atoms with E-state index >= 15 is 0 Å². The largest absolute Gasteiger partial charge is 0.416 e. The van der Waals surface area contributed by atoms with Crippen molar-refractivity contribution in [3.63, 3.8) is 0 Å². The molecular weight excluding hydrogens is 267 g/mol. The number of aryl methyl sites for hydroxylation is 1. The fourth-order valence-electron chi connectivity index (χ4n) is 2.28. The van der Waals surface area contributed by atoms with Crippen LogP contribution in [0.4, 0.5) is 24.7 Å². The van der Waals surface area contributed by atoms with Gasteiger partial charge in [0, 0.05) is 17.5 Å². The van der Waals surface area contributed by atoms with Gasteiger partial charge in [0.1, 0.15) is 5.82 Å². The zero-order valence-corrected chi connectivity index (χ0v) is 10.7. The molecule has 6 heteroatoms. The topological polar surface area (TPSA) is 21.1 Å². The molecule has 0 bridgehead atoms. The predicted molar refractivity (Wildman–Crippen MR) is 69.7 cm³/mol. The Hall–Kier alpha value is -2.24. The van der Waals surface area contributed by atoms with Crippen LogP contribution in [0.1, 0.15) is 11.1 Å². The molecule has 0 unspecified atom stereocenters. The van der Waals surface area contributed by atoms with E-state index in [0.29, 0.717) is 12.2 Å². The van der Waals surface area contributed by atoms with Gasteiger partial charge in [-0.15, -0.1) is 0 Å². The first-order valence-corrected chi connectivity index (χ1v) is 6.12. The summed E-state index contributed by atoms with van der Waals surface area (Å²) in [6.45, 7) is 2.51. The number of nitrogens with zero attached hydrogens (tertiary/aromatic N) is 3. The van der Waals surface area contributed by atoms with E-state index in [9.17, 15) is 13.2 Å². The van der Waals surface area contributed by atoms with Gasteiger partial charge in [-0.3, -0.25) is 0 Å². The number of anilines is 2. The van der Waals surface area contributed by atoms with Gasteiger partial charge in [0.15, 0.2) is 0 Å². The van der Waals surface area contributed by atoms with Crippen molar-refractivity contribution < 1.29 is 13.2 Å². The molecule has 0 N–H and O–H groups in total. The van der Waals surface area contributed by atoms with Crippen molar-refractivity contribution in [2.45, 2.75) is 19.6 Å². The lowest BCUT2D eigenvalue weighted by Crippen LogP contribution is -2.19. The first-order chi connectivity index (χ1) is 9.47. The number of rotatable bonds is 1. The molecule has 0 radical (unpaired) electrons. The summed E-state index contributed by atoms with van der Waals surface area (Å²) >= 11 is 0. The molecule has 0 amide bonds. The van der Waals surface area contributed by atoms with Gasteiger partial charge >= 0.3 is 6.18 Å². The van der Waals surface area contributed by atoms with Crippen molar-refractivity contribution in [1.29, 1.82) is 0 Å². The fraction of sp³-hybridized carbons (Fsp3) is 0.214. The molecule has 0 spiro atoms. The summed E-state index contributed by atoms with van der Waals surface area (Å²) in [5.74, 6) is 0.798. The van der Waals surface area contributed by atoms with Crippen LogP contribution >= 0.6 is 0 Å². The van der Waals surface area contributed by atoms with E-state index in [2.05, 4.69) is 5.10 Å². The third-order valence-electron chi connectivity index (χ3n) is 3.20. The van der Waals surface area contributed by atoms with E-state index in [1.54, 1.807) is 28.0 Å². The summed E-state index contributed by atoms with van der Waals surface area (Å²) in [7, 11) is 0. The van der Waals surface area contributed by atoms with Crippen molar-refractivity contribution in [2.24, 2.45) is 0 Å². The maximum Gasteiger partial charge on any atom is 0.416 e. The van der Waals surface area contributed by atoms with Gasteiger partial charge in [0.25, 0.3) is 0 Å². The number of halogens is 3. The Kier molecular flexibility index (Phi) is 2.81. The Morgan fingerprint density at radius 3 is 2.80 bits per heavy atom. The Morgan fingerprint density at radius 1 is 1.25 bits per heavy atom. The molecule has 0 saturated heterocycles. The van der Waals surface area contributed by atoms with Gasteiger partial charge in [-0.25, -0.2) is 4.68 Å². The Balaban J connectivity index is 2.07. The minimum atomic E-state index is -4.34. The van der Waals surface area contributed by atoms with E-state index in [0.717, 1.165) is 23.5 Å². The Labute approximate surface area is 113 Å².